The van der Waals surface area contributed by atoms with Crippen LogP contribution in [0.4, 0.5) is 0 Å². The molecule has 4 atom stereocenters. The van der Waals surface area contributed by atoms with E-state index in [4.69, 9.17) is 4.74 Å². The maximum Gasteiger partial charge on any atom is 0.0953 e. The molecule has 4 rings (SSSR count). The summed E-state index contributed by atoms with van der Waals surface area (Å²) in [5.41, 5.74) is 0.889. The van der Waals surface area contributed by atoms with Gasteiger partial charge in [0.25, 0.3) is 0 Å². The fraction of sp³-hybridized carbons (Fsp3) is 1.00. The van der Waals surface area contributed by atoms with E-state index >= 15 is 0 Å². The van der Waals surface area contributed by atoms with Gasteiger partial charge in [0.1, 0.15) is 0 Å². The van der Waals surface area contributed by atoms with Crippen molar-refractivity contribution >= 4 is 0 Å². The third-order valence-electron chi connectivity index (χ3n) is 4.64. The van der Waals surface area contributed by atoms with Crippen molar-refractivity contribution in [3.63, 3.8) is 0 Å². The molecule has 4 fully saturated rings. The molecule has 1 nitrogen and oxygen atoms in total. The molecule has 3 saturated carbocycles. The van der Waals surface area contributed by atoms with Crippen LogP contribution in [-0.4, -0.2) is 11.7 Å². The average molecular weight is 152 g/mol. The first-order valence-electron chi connectivity index (χ1n) is 4.73. The Morgan fingerprint density at radius 1 is 1.18 bits per heavy atom. The van der Waals surface area contributed by atoms with Crippen LogP contribution in [0.2, 0.25) is 0 Å². The molecule has 0 amide bonds. The van der Waals surface area contributed by atoms with Gasteiger partial charge in [0.15, 0.2) is 0 Å². The molecule has 1 saturated heterocycles. The SMILES string of the molecule is CC1(C)[C@@H]2C[C@H]3O[C@@]3(C)[C@H]1C2. The summed E-state index contributed by atoms with van der Waals surface area (Å²) in [6, 6.07) is 0. The van der Waals surface area contributed by atoms with Crippen LogP contribution in [0.5, 0.6) is 0 Å². The number of ether oxygens (including phenoxy) is 1. The lowest BCUT2D eigenvalue weighted by Crippen LogP contribution is -2.56. The predicted molar refractivity (Wildman–Crippen MR) is 43.3 cm³/mol. The summed E-state index contributed by atoms with van der Waals surface area (Å²) in [6.07, 6.45) is 3.40. The minimum absolute atomic E-state index is 0.304. The molecule has 11 heavy (non-hydrogen) atoms. The van der Waals surface area contributed by atoms with Crippen molar-refractivity contribution in [3.8, 4) is 0 Å². The van der Waals surface area contributed by atoms with E-state index in [1.807, 2.05) is 0 Å². The topological polar surface area (TPSA) is 12.5 Å². The summed E-state index contributed by atoms with van der Waals surface area (Å²) in [4.78, 5) is 0. The molecule has 1 heterocycles. The Labute approximate surface area is 68.1 Å². The molecule has 2 bridgehead atoms. The van der Waals surface area contributed by atoms with Crippen molar-refractivity contribution in [1.29, 1.82) is 0 Å². The minimum Gasteiger partial charge on any atom is -0.366 e. The molecule has 1 aliphatic heterocycles. The van der Waals surface area contributed by atoms with Crippen LogP contribution in [0.1, 0.15) is 33.6 Å². The number of hydrogen-bond donors (Lipinski definition) is 0. The van der Waals surface area contributed by atoms with Crippen LogP contribution < -0.4 is 0 Å². The van der Waals surface area contributed by atoms with Crippen molar-refractivity contribution in [2.75, 3.05) is 0 Å². The normalized spacial score (nSPS) is 63.0. The second-order valence-corrected chi connectivity index (χ2v) is 5.33. The van der Waals surface area contributed by atoms with Crippen molar-refractivity contribution in [2.45, 2.75) is 45.3 Å². The summed E-state index contributed by atoms with van der Waals surface area (Å²) < 4.78 is 5.75. The van der Waals surface area contributed by atoms with Gasteiger partial charge in [-0.2, -0.15) is 0 Å². The predicted octanol–water partition coefficient (Wildman–Crippen LogP) is 2.21. The van der Waals surface area contributed by atoms with Crippen LogP contribution in [0.25, 0.3) is 0 Å². The minimum atomic E-state index is 0.304. The zero-order chi connectivity index (χ0) is 7.85. The Morgan fingerprint density at radius 2 is 1.91 bits per heavy atom. The number of epoxide rings is 1. The molecule has 0 aromatic carbocycles. The number of rotatable bonds is 0. The molecule has 1 heteroatoms. The lowest BCUT2D eigenvalue weighted by Gasteiger charge is -2.57. The molecule has 0 radical (unpaired) electrons. The van der Waals surface area contributed by atoms with E-state index in [1.54, 1.807) is 0 Å². The van der Waals surface area contributed by atoms with Crippen LogP contribution in [0, 0.1) is 17.3 Å². The fourth-order valence-corrected chi connectivity index (χ4v) is 3.51. The largest absolute Gasteiger partial charge is 0.366 e. The van der Waals surface area contributed by atoms with Crippen LogP contribution in [-0.2, 0) is 4.74 Å². The summed E-state index contributed by atoms with van der Waals surface area (Å²) >= 11 is 0. The highest BCUT2D eigenvalue weighted by molar-refractivity contribution is 5.20. The van der Waals surface area contributed by atoms with Gasteiger partial charge in [0, 0.05) is 0 Å². The molecule has 0 aromatic rings. The van der Waals surface area contributed by atoms with Gasteiger partial charge in [-0.15, -0.1) is 0 Å². The van der Waals surface area contributed by atoms with Gasteiger partial charge in [-0.05, 0) is 37.0 Å². The maximum atomic E-state index is 5.75. The van der Waals surface area contributed by atoms with Gasteiger partial charge in [-0.3, -0.25) is 0 Å². The van der Waals surface area contributed by atoms with Gasteiger partial charge < -0.3 is 4.74 Å². The Kier molecular flexibility index (Phi) is 0.820. The van der Waals surface area contributed by atoms with E-state index < -0.39 is 0 Å². The van der Waals surface area contributed by atoms with Gasteiger partial charge in [-0.25, -0.2) is 0 Å². The van der Waals surface area contributed by atoms with E-state index in [9.17, 15) is 0 Å². The van der Waals surface area contributed by atoms with Crippen molar-refractivity contribution in [1.82, 2.24) is 0 Å². The van der Waals surface area contributed by atoms with Crippen molar-refractivity contribution < 1.29 is 4.74 Å². The van der Waals surface area contributed by atoms with Crippen LogP contribution in [0.3, 0.4) is 0 Å². The third-order valence-corrected chi connectivity index (χ3v) is 4.64. The first kappa shape index (κ1) is 6.47. The molecule has 0 N–H and O–H groups in total. The molecule has 0 unspecified atom stereocenters. The molecular formula is C10H16O. The van der Waals surface area contributed by atoms with E-state index in [0.29, 0.717) is 17.1 Å². The second kappa shape index (κ2) is 1.39. The first-order chi connectivity index (χ1) is 5.05. The second-order valence-electron chi connectivity index (χ2n) is 5.33. The highest BCUT2D eigenvalue weighted by Gasteiger charge is 2.72. The summed E-state index contributed by atoms with van der Waals surface area (Å²) in [7, 11) is 0. The lowest BCUT2D eigenvalue weighted by molar-refractivity contribution is -0.0789. The Bertz CT molecular complexity index is 216. The summed E-state index contributed by atoms with van der Waals surface area (Å²) in [5, 5.41) is 0. The molecular weight excluding hydrogens is 136 g/mol. The number of hydrogen-bond acceptors (Lipinski definition) is 1. The molecule has 0 spiro atoms. The third kappa shape index (κ3) is 0.516. The zero-order valence-corrected chi connectivity index (χ0v) is 7.55. The Hall–Kier alpha value is -0.0400. The van der Waals surface area contributed by atoms with E-state index in [1.165, 1.54) is 12.8 Å². The molecule has 4 aliphatic rings. The molecule has 0 aromatic heterocycles. The van der Waals surface area contributed by atoms with Gasteiger partial charge in [0.2, 0.25) is 0 Å². The van der Waals surface area contributed by atoms with Crippen LogP contribution >= 0.6 is 0 Å². The lowest BCUT2D eigenvalue weighted by atomic mass is 9.46. The summed E-state index contributed by atoms with van der Waals surface area (Å²) in [6.45, 7) is 7.13. The Balaban J connectivity index is 1.98. The standard InChI is InChI=1S/C10H16O/c1-9(2)6-4-7(9)10(3)8(5-6)11-10/h6-8H,4-5H2,1-3H3/t6-,7-,8+,10-/m0/s1. The van der Waals surface area contributed by atoms with Crippen LogP contribution in [0.15, 0.2) is 0 Å². The zero-order valence-electron chi connectivity index (χ0n) is 7.55. The van der Waals surface area contributed by atoms with E-state index in [-0.39, 0.29) is 0 Å². The van der Waals surface area contributed by atoms with Gasteiger partial charge in [-0.1, -0.05) is 13.8 Å². The van der Waals surface area contributed by atoms with Gasteiger partial charge in [0.05, 0.1) is 11.7 Å². The quantitative estimate of drug-likeness (QED) is 0.485. The summed E-state index contributed by atoms with van der Waals surface area (Å²) in [5.74, 6) is 1.83. The van der Waals surface area contributed by atoms with E-state index in [0.717, 1.165) is 11.8 Å². The van der Waals surface area contributed by atoms with Crippen molar-refractivity contribution in [2.24, 2.45) is 17.3 Å². The Morgan fingerprint density at radius 3 is 2.36 bits per heavy atom. The monoisotopic (exact) mass is 152 g/mol. The van der Waals surface area contributed by atoms with Gasteiger partial charge >= 0.3 is 0 Å². The fourth-order valence-electron chi connectivity index (χ4n) is 3.51. The smallest absolute Gasteiger partial charge is 0.0953 e. The average Bonchev–Trinajstić information content (AvgIpc) is 2.58. The highest BCUT2D eigenvalue weighted by Crippen LogP contribution is 2.70. The molecule has 3 aliphatic carbocycles. The van der Waals surface area contributed by atoms with Crippen molar-refractivity contribution in [3.05, 3.63) is 0 Å². The highest BCUT2D eigenvalue weighted by atomic mass is 16.6. The molecule has 62 valence electrons. The maximum absolute atomic E-state index is 5.75. The first-order valence-corrected chi connectivity index (χ1v) is 4.73. The van der Waals surface area contributed by atoms with E-state index in [2.05, 4.69) is 20.8 Å².